The Balaban J connectivity index is 0.000000339. The minimum atomic E-state index is -0.241. The maximum Gasteiger partial charge on any atom is 0.167 e. The fourth-order valence-electron chi connectivity index (χ4n) is 3.66. The van der Waals surface area contributed by atoms with Crippen LogP contribution in [0.4, 0.5) is 4.39 Å². The van der Waals surface area contributed by atoms with Crippen molar-refractivity contribution in [2.45, 2.75) is 41.5 Å². The molecule has 0 atom stereocenters. The molecule has 0 aliphatic heterocycles. The summed E-state index contributed by atoms with van der Waals surface area (Å²) in [5, 5.41) is 0.731. The first-order valence-electron chi connectivity index (χ1n) is 17.8. The molecule has 0 spiro atoms. The Hall–Kier alpha value is -5.14. The highest BCUT2D eigenvalue weighted by Gasteiger charge is 1.93. The highest BCUT2D eigenvalue weighted by molar-refractivity contribution is 6.36. The molecule has 0 saturated heterocycles. The third-order valence-electron chi connectivity index (χ3n) is 7.14. The van der Waals surface area contributed by atoms with E-state index in [1.54, 1.807) is 56.0 Å². The molecule has 278 valence electrons. The summed E-state index contributed by atoms with van der Waals surface area (Å²) in [5.41, 5.74) is 9.80. The molecule has 14 radical (unpaired) electrons. The summed E-state index contributed by atoms with van der Waals surface area (Å²) in [6.07, 6.45) is 10.4. The minimum absolute atomic E-state index is 0.241. The van der Waals surface area contributed by atoms with Gasteiger partial charge in [-0.15, -0.1) is 0 Å². The van der Waals surface area contributed by atoms with E-state index in [4.69, 9.17) is 66.5 Å². The molecule has 58 heavy (non-hydrogen) atoms. The molecule has 7 rings (SSSR count). The van der Waals surface area contributed by atoms with Gasteiger partial charge >= 0.3 is 0 Å². The van der Waals surface area contributed by atoms with Gasteiger partial charge in [0.2, 0.25) is 0 Å². The summed E-state index contributed by atoms with van der Waals surface area (Å²) in [6, 6.07) is 29.1. The molecule has 0 amide bonds. The number of hydrogen-bond acceptors (Lipinski definition) is 4. The van der Waals surface area contributed by atoms with Gasteiger partial charge in [-0.2, -0.15) is 0 Å². The second kappa shape index (κ2) is 28.3. The van der Waals surface area contributed by atoms with E-state index < -0.39 is 0 Å². The maximum atomic E-state index is 12.5. The normalized spacial score (nSPS) is 9.26. The smallest absolute Gasteiger partial charge is 0.167 e. The summed E-state index contributed by atoms with van der Waals surface area (Å²) in [7, 11) is 39.5. The standard InChI is InChI=1S/C7H6BCl.C7H6BF.C7H7B.C6H7BN.2C6H6BN.C5H5BN2/c2*1-5-2-3-6(8)4-7(5)9;1-6-2-4-7(8)5-3-6;1-8-4-2-6(7)3-5-8;1-5-2-3-6(7)4-8-5;1-5-2-3-6(7)8-4-5;1-4-7-2-5(6)3-8-4/h2*2-4H,1H3;2*2-5H,1H3;2*2-4H,1H3;2-3H,1H3/q;;;+1;;;. The van der Waals surface area contributed by atoms with Gasteiger partial charge in [0, 0.05) is 35.5 Å². The van der Waals surface area contributed by atoms with Crippen LogP contribution in [-0.2, 0) is 7.05 Å². The van der Waals surface area contributed by atoms with Crippen LogP contribution in [0.2, 0.25) is 5.02 Å². The lowest BCUT2D eigenvalue weighted by molar-refractivity contribution is -0.671. The molecule has 0 fully saturated rings. The van der Waals surface area contributed by atoms with Crippen LogP contribution in [0.3, 0.4) is 0 Å². The van der Waals surface area contributed by atoms with Crippen LogP contribution in [0.1, 0.15) is 33.8 Å². The zero-order chi connectivity index (χ0) is 43.6. The second-order valence-corrected chi connectivity index (χ2v) is 13.2. The molecule has 0 unspecified atom stereocenters. The molecule has 14 heteroatoms. The Labute approximate surface area is 359 Å². The first kappa shape index (κ1) is 50.9. The highest BCUT2D eigenvalue weighted by Crippen LogP contribution is 2.10. The predicted octanol–water partition coefficient (Wildman–Crippen LogP) is 2.41. The molecule has 5 nitrogen and oxygen atoms in total. The topological polar surface area (TPSA) is 55.4 Å². The predicted molar refractivity (Wildman–Crippen MR) is 249 cm³/mol. The Morgan fingerprint density at radius 1 is 0.466 bits per heavy atom. The van der Waals surface area contributed by atoms with Crippen molar-refractivity contribution in [2.24, 2.45) is 7.05 Å². The van der Waals surface area contributed by atoms with E-state index in [0.29, 0.717) is 27.5 Å². The van der Waals surface area contributed by atoms with Crippen LogP contribution in [0.5, 0.6) is 0 Å². The fourth-order valence-corrected chi connectivity index (χ4v) is 3.85. The second-order valence-electron chi connectivity index (χ2n) is 12.8. The Morgan fingerprint density at radius 3 is 1.33 bits per heavy atom. The van der Waals surface area contributed by atoms with Gasteiger partial charge in [0.1, 0.15) is 73.6 Å². The monoisotopic (exact) mass is 772 g/mol. The summed E-state index contributed by atoms with van der Waals surface area (Å²) in [5.74, 6) is 0.509. The zero-order valence-electron chi connectivity index (χ0n) is 34.2. The summed E-state index contributed by atoms with van der Waals surface area (Å²) < 4.78 is 14.4. The third-order valence-corrected chi connectivity index (χ3v) is 7.55. The molecule has 0 bridgehead atoms. The van der Waals surface area contributed by atoms with Crippen LogP contribution in [0, 0.1) is 47.4 Å². The largest absolute Gasteiger partial charge is 0.273 e. The van der Waals surface area contributed by atoms with Crippen LogP contribution in [0.25, 0.3) is 0 Å². The van der Waals surface area contributed by atoms with Gasteiger partial charge in [-0.1, -0.05) is 123 Å². The van der Waals surface area contributed by atoms with E-state index >= 15 is 0 Å². The summed E-state index contributed by atoms with van der Waals surface area (Å²) in [4.78, 5) is 15.5. The van der Waals surface area contributed by atoms with Crippen molar-refractivity contribution in [2.75, 3.05) is 0 Å². The quantitative estimate of drug-likeness (QED) is 0.176. The average molecular weight is 772 g/mol. The SMILES string of the molecule is [B]c1cc[n+](C)cc1.[B]c1ccc(C)c(Cl)c1.[B]c1ccc(C)c(F)c1.[B]c1ccc(C)cc1.[B]c1ccc(C)cn1.[B]c1ccc(C)nc1.[B]c1cnc(C)nc1. The van der Waals surface area contributed by atoms with E-state index in [1.165, 1.54) is 11.6 Å². The van der Waals surface area contributed by atoms with Crippen LogP contribution < -0.4 is 42.9 Å². The third kappa shape index (κ3) is 25.2. The number of pyridine rings is 3. The number of halogens is 2. The number of aryl methyl sites for hydroxylation is 7. The van der Waals surface area contributed by atoms with Gasteiger partial charge in [-0.05, 0) is 88.1 Å². The molecule has 4 aromatic heterocycles. The molecular formula is C44H43B7ClFN5+. The molecule has 0 saturated carbocycles. The van der Waals surface area contributed by atoms with E-state index in [2.05, 4.69) is 19.9 Å². The molecule has 0 N–H and O–H groups in total. The van der Waals surface area contributed by atoms with Crippen molar-refractivity contribution in [3.8, 4) is 0 Å². The van der Waals surface area contributed by atoms with E-state index in [1.807, 2.05) is 125 Å². The molecule has 0 aliphatic rings. The van der Waals surface area contributed by atoms with Gasteiger partial charge in [0.05, 0.1) is 0 Å². The van der Waals surface area contributed by atoms with Crippen molar-refractivity contribution in [1.29, 1.82) is 0 Å². The van der Waals surface area contributed by atoms with Crippen molar-refractivity contribution in [3.63, 3.8) is 0 Å². The first-order valence-corrected chi connectivity index (χ1v) is 18.2. The summed E-state index contributed by atoms with van der Waals surface area (Å²) in [6.45, 7) is 11.4. The van der Waals surface area contributed by atoms with Gasteiger partial charge in [0.25, 0.3) is 0 Å². The van der Waals surface area contributed by atoms with Crippen LogP contribution in [0.15, 0.2) is 134 Å². The van der Waals surface area contributed by atoms with Gasteiger partial charge < -0.3 is 0 Å². The first-order chi connectivity index (χ1) is 27.3. The highest BCUT2D eigenvalue weighted by atomic mass is 35.5. The van der Waals surface area contributed by atoms with Crippen molar-refractivity contribution in [3.05, 3.63) is 179 Å². The number of rotatable bonds is 0. The number of benzene rings is 3. The van der Waals surface area contributed by atoms with Crippen LogP contribution in [-0.4, -0.2) is 74.9 Å². The fraction of sp³-hybridized carbons (Fsp3) is 0.159. The summed E-state index contributed by atoms with van der Waals surface area (Å²) >= 11 is 5.73. The average Bonchev–Trinajstić information content (AvgIpc) is 3.19. The van der Waals surface area contributed by atoms with Crippen LogP contribution >= 0.6 is 11.6 Å². The molecule has 0 aliphatic carbocycles. The zero-order valence-corrected chi connectivity index (χ0v) is 35.0. The molecular weight excluding hydrogens is 729 g/mol. The number of nitrogens with zero attached hydrogens (tertiary/aromatic N) is 5. The maximum absolute atomic E-state index is 12.5. The lowest BCUT2D eigenvalue weighted by Crippen LogP contribution is -2.28. The minimum Gasteiger partial charge on any atom is -0.273 e. The Morgan fingerprint density at radius 2 is 0.948 bits per heavy atom. The lowest BCUT2D eigenvalue weighted by atomic mass is 9.95. The van der Waals surface area contributed by atoms with Crippen molar-refractivity contribution in [1.82, 2.24) is 19.9 Å². The van der Waals surface area contributed by atoms with Crippen molar-refractivity contribution < 1.29 is 8.96 Å². The Kier molecular flexibility index (Phi) is 24.8. The molecule has 3 aromatic carbocycles. The lowest BCUT2D eigenvalue weighted by Gasteiger charge is -1.96. The number of hydrogen-bond donors (Lipinski definition) is 0. The van der Waals surface area contributed by atoms with Gasteiger partial charge in [0.15, 0.2) is 12.4 Å². The van der Waals surface area contributed by atoms with E-state index in [9.17, 15) is 4.39 Å². The number of aromatic nitrogens is 5. The molecule has 4 heterocycles. The van der Waals surface area contributed by atoms with E-state index in [-0.39, 0.29) is 5.82 Å². The van der Waals surface area contributed by atoms with E-state index in [0.717, 1.165) is 44.1 Å². The van der Waals surface area contributed by atoms with Gasteiger partial charge in [-0.25, -0.2) is 18.9 Å². The van der Waals surface area contributed by atoms with Gasteiger partial charge in [-0.3, -0.25) is 9.97 Å². The van der Waals surface area contributed by atoms with Crippen molar-refractivity contribution >= 4 is 105 Å². The Bertz CT molecular complexity index is 1770. The molecule has 7 aromatic rings.